The summed E-state index contributed by atoms with van der Waals surface area (Å²) >= 11 is 0. The van der Waals surface area contributed by atoms with Crippen molar-refractivity contribution in [3.05, 3.63) is 283 Å². The zero-order valence-electron chi connectivity index (χ0n) is 40.3. The van der Waals surface area contributed by atoms with Crippen LogP contribution in [0.2, 0.25) is 0 Å². The highest BCUT2D eigenvalue weighted by Crippen LogP contribution is 2.52. The van der Waals surface area contributed by atoms with Crippen molar-refractivity contribution in [1.29, 1.82) is 0 Å². The summed E-state index contributed by atoms with van der Waals surface area (Å²) in [6.07, 6.45) is 0. The molecule has 0 spiro atoms. The van der Waals surface area contributed by atoms with E-state index in [1.807, 2.05) is 111 Å². The van der Waals surface area contributed by atoms with Gasteiger partial charge in [-0.05, 0) is 121 Å². The predicted octanol–water partition coefficient (Wildman–Crippen LogP) is 19.2. The Morgan fingerprint density at radius 1 is 0.265 bits per heavy atom. The molecule has 0 bridgehead atoms. The van der Waals surface area contributed by atoms with Gasteiger partial charge in [0.15, 0.2) is 0 Å². The number of nitrogens with one attached hydrogen (secondary N) is 1. The Labute approximate surface area is 405 Å². The Balaban J connectivity index is 0.000000190. The highest BCUT2D eigenvalue weighted by atomic mass is 15.2. The number of rotatable bonds is 5. The summed E-state index contributed by atoms with van der Waals surface area (Å²) in [5, 5.41) is 3.30. The summed E-state index contributed by atoms with van der Waals surface area (Å²) in [4.78, 5) is 2.45. The minimum absolute atomic E-state index is 1.12. The first-order valence-electron chi connectivity index (χ1n) is 23.7. The van der Waals surface area contributed by atoms with Gasteiger partial charge in [0.25, 0.3) is 0 Å². The topological polar surface area (TPSA) is 15.3 Å². The smallest absolute Gasteiger partial charge is 0.0541 e. The lowest BCUT2D eigenvalue weighted by Gasteiger charge is -2.29. The van der Waals surface area contributed by atoms with E-state index in [1.165, 1.54) is 83.8 Å². The second-order valence-corrected chi connectivity index (χ2v) is 16.5. The molecule has 336 valence electrons. The number of anilines is 5. The molecule has 0 aliphatic carbocycles. The van der Waals surface area contributed by atoms with E-state index in [-0.39, 0.29) is 0 Å². The van der Waals surface area contributed by atoms with Gasteiger partial charge in [-0.25, -0.2) is 0 Å². The van der Waals surface area contributed by atoms with Gasteiger partial charge in [-0.2, -0.15) is 0 Å². The maximum Gasteiger partial charge on any atom is 0.0541 e. The largest absolute Gasteiger partial charge is 0.356 e. The maximum atomic E-state index is 3.30. The number of aryl methyl sites for hydroxylation is 4. The Hall–Kier alpha value is -8.20. The van der Waals surface area contributed by atoms with Gasteiger partial charge >= 0.3 is 0 Å². The van der Waals surface area contributed by atoms with Crippen LogP contribution in [0, 0.1) is 27.7 Å². The van der Waals surface area contributed by atoms with Crippen LogP contribution in [0.15, 0.2) is 261 Å². The molecule has 0 radical (unpaired) electrons. The van der Waals surface area contributed by atoms with Gasteiger partial charge in [0.1, 0.15) is 0 Å². The zero-order valence-corrected chi connectivity index (χ0v) is 40.3. The molecule has 2 nitrogen and oxygen atoms in total. The van der Waals surface area contributed by atoms with Crippen molar-refractivity contribution in [2.75, 3.05) is 10.2 Å². The lowest BCUT2D eigenvalue weighted by molar-refractivity contribution is 1.26. The van der Waals surface area contributed by atoms with Crippen LogP contribution in [0.5, 0.6) is 0 Å². The van der Waals surface area contributed by atoms with Crippen molar-refractivity contribution >= 4 is 28.4 Å². The first-order chi connectivity index (χ1) is 33.4. The Kier molecular flexibility index (Phi) is 17.1. The van der Waals surface area contributed by atoms with Gasteiger partial charge < -0.3 is 10.2 Å². The summed E-state index contributed by atoms with van der Waals surface area (Å²) in [5.74, 6) is 0. The molecule has 2 heteroatoms. The van der Waals surface area contributed by atoms with Crippen LogP contribution in [0.1, 0.15) is 36.1 Å². The molecular weight excluding hydrogens is 821 g/mol. The highest BCUT2D eigenvalue weighted by Gasteiger charge is 2.27. The third-order valence-corrected chi connectivity index (χ3v) is 11.5. The molecule has 0 atom stereocenters. The van der Waals surface area contributed by atoms with E-state index in [9.17, 15) is 0 Å². The summed E-state index contributed by atoms with van der Waals surface area (Å²) in [5.41, 5.74) is 20.9. The molecule has 10 aromatic rings. The third kappa shape index (κ3) is 12.6. The number of fused-ring (bicyclic) bond motifs is 5. The number of para-hydroxylation sites is 3. The molecule has 0 saturated carbocycles. The quantitative estimate of drug-likeness (QED) is 0.185. The van der Waals surface area contributed by atoms with Crippen LogP contribution >= 0.6 is 0 Å². The molecule has 0 amide bonds. The molecule has 1 heterocycles. The van der Waals surface area contributed by atoms with E-state index >= 15 is 0 Å². The fraction of sp³-hybridized carbons (Fsp3) is 0.0909. The molecule has 1 aliphatic heterocycles. The van der Waals surface area contributed by atoms with Crippen LogP contribution < -0.4 is 10.2 Å². The van der Waals surface area contributed by atoms with Crippen molar-refractivity contribution in [1.82, 2.24) is 0 Å². The van der Waals surface area contributed by atoms with Crippen LogP contribution in [0.25, 0.3) is 44.5 Å². The van der Waals surface area contributed by atoms with Crippen molar-refractivity contribution in [2.24, 2.45) is 0 Å². The summed E-state index contributed by atoms with van der Waals surface area (Å²) < 4.78 is 0. The number of nitrogens with zero attached hydrogens (tertiary/aromatic N) is 1. The highest BCUT2D eigenvalue weighted by molar-refractivity contribution is 6.04. The van der Waals surface area contributed by atoms with Crippen LogP contribution in [-0.2, 0) is 0 Å². The second-order valence-electron chi connectivity index (χ2n) is 16.5. The molecule has 10 aromatic carbocycles. The molecule has 11 rings (SSSR count). The van der Waals surface area contributed by atoms with Gasteiger partial charge in [-0.1, -0.05) is 237 Å². The molecule has 1 N–H and O–H groups in total. The fourth-order valence-electron chi connectivity index (χ4n) is 8.06. The predicted molar refractivity (Wildman–Crippen MR) is 296 cm³/mol. The first-order valence-corrected chi connectivity index (χ1v) is 23.7. The molecule has 1 aliphatic rings. The van der Waals surface area contributed by atoms with Gasteiger partial charge in [-0.3, -0.25) is 0 Å². The monoisotopic (exact) mass is 882 g/mol. The van der Waals surface area contributed by atoms with E-state index < -0.39 is 0 Å². The molecule has 0 unspecified atom stereocenters. The first kappa shape index (κ1) is 47.8. The number of hydrogen-bond donors (Lipinski definition) is 1. The second kappa shape index (κ2) is 24.4. The van der Waals surface area contributed by atoms with Gasteiger partial charge in [-0.15, -0.1) is 0 Å². The Bertz CT molecular complexity index is 2980. The van der Waals surface area contributed by atoms with Crippen LogP contribution in [0.4, 0.5) is 28.4 Å². The van der Waals surface area contributed by atoms with Crippen molar-refractivity contribution in [3.8, 4) is 44.5 Å². The normalized spacial score (nSPS) is 10.5. The van der Waals surface area contributed by atoms with Gasteiger partial charge in [0, 0.05) is 28.2 Å². The minimum Gasteiger partial charge on any atom is -0.356 e. The number of benzene rings is 10. The molecular formula is C66H62N2. The summed E-state index contributed by atoms with van der Waals surface area (Å²) in [7, 11) is 0. The van der Waals surface area contributed by atoms with Crippen molar-refractivity contribution in [3.63, 3.8) is 0 Å². The standard InChI is InChI=1S/C38H29N.C12H11N.2C7H8.C2H6/c1-26-16-18-29(19-17-26)31-21-23-38-35(25-31)33-14-8-7-13-32(33)34-24-30(28-11-4-3-5-12-28)20-22-37(34)39(38)36-15-9-6-10-27(36)2;1-3-7-11(8-4-1)13-12-9-5-2-6-10-12;2*1-7-5-3-2-4-6-7;1-2/h3-25H,1-2H3;1-10,13H;2*2-6H,1H3;1-2H3. The van der Waals surface area contributed by atoms with E-state index in [1.54, 1.807) is 0 Å². The summed E-state index contributed by atoms with van der Waals surface area (Å²) in [6.45, 7) is 12.5. The molecule has 0 saturated heterocycles. The van der Waals surface area contributed by atoms with Crippen molar-refractivity contribution < 1.29 is 0 Å². The van der Waals surface area contributed by atoms with E-state index in [0.717, 1.165) is 11.4 Å². The van der Waals surface area contributed by atoms with Crippen LogP contribution in [-0.4, -0.2) is 0 Å². The van der Waals surface area contributed by atoms with Gasteiger partial charge in [0.05, 0.1) is 11.4 Å². The average molecular weight is 883 g/mol. The molecule has 0 fully saturated rings. The third-order valence-electron chi connectivity index (χ3n) is 11.5. The van der Waals surface area contributed by atoms with Gasteiger partial charge in [0.2, 0.25) is 0 Å². The fourth-order valence-corrected chi connectivity index (χ4v) is 8.06. The molecule has 0 aromatic heterocycles. The Morgan fingerprint density at radius 2 is 0.603 bits per heavy atom. The van der Waals surface area contributed by atoms with E-state index in [0.29, 0.717) is 0 Å². The average Bonchev–Trinajstić information content (AvgIpc) is 3.51. The maximum absolute atomic E-state index is 3.30. The SMILES string of the molecule is CC.Cc1ccc(-c2ccc3c(c2)-c2ccccc2-c2cc(-c4ccccc4)ccc2N3c2ccccc2C)cc1.Cc1ccccc1.Cc1ccccc1.c1ccc(Nc2ccccc2)cc1. The van der Waals surface area contributed by atoms with Crippen molar-refractivity contribution in [2.45, 2.75) is 41.5 Å². The van der Waals surface area contributed by atoms with E-state index in [4.69, 9.17) is 0 Å². The van der Waals surface area contributed by atoms with E-state index in [2.05, 4.69) is 202 Å². The summed E-state index contributed by atoms with van der Waals surface area (Å²) in [6, 6.07) is 91.7. The molecule has 68 heavy (non-hydrogen) atoms. The number of hydrogen-bond acceptors (Lipinski definition) is 2. The van der Waals surface area contributed by atoms with Crippen LogP contribution in [0.3, 0.4) is 0 Å². The lowest BCUT2D eigenvalue weighted by atomic mass is 9.91. The lowest BCUT2D eigenvalue weighted by Crippen LogP contribution is -2.12. The minimum atomic E-state index is 1.12. The zero-order chi connectivity index (χ0) is 47.5. The Morgan fingerprint density at radius 3 is 1.01 bits per heavy atom.